The molecule has 0 saturated carbocycles. The van der Waals surface area contributed by atoms with Crippen LogP contribution in [0.15, 0.2) is 182 Å². The maximum Gasteiger partial charge on any atom is 0.164 e. The number of fused-ring (bicyclic) bond motifs is 7. The summed E-state index contributed by atoms with van der Waals surface area (Å²) >= 11 is 1.81. The van der Waals surface area contributed by atoms with E-state index in [0.717, 1.165) is 44.4 Å². The molecule has 3 heterocycles. The predicted molar refractivity (Wildman–Crippen MR) is 226 cm³/mol. The van der Waals surface area contributed by atoms with Crippen LogP contribution >= 0.6 is 11.3 Å². The molecule has 0 N–H and O–H groups in total. The second kappa shape index (κ2) is 12.3. The van der Waals surface area contributed by atoms with Crippen LogP contribution in [0.3, 0.4) is 0 Å². The number of aromatic nitrogens is 4. The zero-order chi connectivity index (χ0) is 35.6. The number of nitrogens with zero attached hydrogens (tertiary/aromatic N) is 4. The molecule has 0 atom stereocenters. The van der Waals surface area contributed by atoms with Crippen molar-refractivity contribution in [2.75, 3.05) is 0 Å². The van der Waals surface area contributed by atoms with Gasteiger partial charge in [-0.3, -0.25) is 0 Å². The topological polar surface area (TPSA) is 43.6 Å². The maximum atomic E-state index is 5.28. The average Bonchev–Trinajstić information content (AvgIpc) is 3.79. The molecule has 0 fully saturated rings. The molecule has 3 aromatic heterocycles. The molecule has 0 bridgehead atoms. The Hall–Kier alpha value is -6.95. The maximum absolute atomic E-state index is 5.28. The summed E-state index contributed by atoms with van der Waals surface area (Å²) in [5.41, 5.74) is 8.53. The van der Waals surface area contributed by atoms with Gasteiger partial charge < -0.3 is 4.57 Å². The minimum atomic E-state index is 0.628. The van der Waals surface area contributed by atoms with Gasteiger partial charge in [-0.05, 0) is 70.4 Å². The normalized spacial score (nSPS) is 11.7. The quantitative estimate of drug-likeness (QED) is 0.179. The molecule has 5 heteroatoms. The molecule has 54 heavy (non-hydrogen) atoms. The molecular weight excluding hydrogens is 677 g/mol. The van der Waals surface area contributed by atoms with E-state index in [-0.39, 0.29) is 0 Å². The summed E-state index contributed by atoms with van der Waals surface area (Å²) in [6, 6.07) is 64.4. The Morgan fingerprint density at radius 3 is 1.72 bits per heavy atom. The molecular formula is C49H30N4S. The SMILES string of the molecule is c1ccc(-c2cc(-c3nc(-c4cccc(-n5c6ccccc6c6ccccc65)c4)nc(-c4ccc5ccccc5c4)n3)cc3sc4ccccc4c23)cc1. The third-order valence-corrected chi connectivity index (χ3v) is 11.5. The molecule has 0 aliphatic rings. The summed E-state index contributed by atoms with van der Waals surface area (Å²) in [5.74, 6) is 1.91. The van der Waals surface area contributed by atoms with Crippen molar-refractivity contribution in [3.05, 3.63) is 182 Å². The van der Waals surface area contributed by atoms with Crippen molar-refractivity contribution in [1.82, 2.24) is 19.5 Å². The van der Waals surface area contributed by atoms with E-state index in [9.17, 15) is 0 Å². The van der Waals surface area contributed by atoms with Crippen LogP contribution in [0.1, 0.15) is 0 Å². The Morgan fingerprint density at radius 1 is 0.370 bits per heavy atom. The van der Waals surface area contributed by atoms with E-state index in [1.807, 2.05) is 11.3 Å². The predicted octanol–water partition coefficient (Wildman–Crippen LogP) is 13.2. The molecule has 4 nitrogen and oxygen atoms in total. The number of rotatable bonds is 5. The Balaban J connectivity index is 1.15. The van der Waals surface area contributed by atoms with Crippen molar-refractivity contribution in [3.63, 3.8) is 0 Å². The molecule has 0 aliphatic carbocycles. The van der Waals surface area contributed by atoms with Crippen molar-refractivity contribution in [2.24, 2.45) is 0 Å². The molecule has 11 rings (SSSR count). The van der Waals surface area contributed by atoms with Crippen LogP contribution in [-0.2, 0) is 0 Å². The second-order valence-corrected chi connectivity index (χ2v) is 14.7. The molecule has 11 aromatic rings. The van der Waals surface area contributed by atoms with Gasteiger partial charge in [-0.2, -0.15) is 0 Å². The fourth-order valence-electron chi connectivity index (χ4n) is 7.91. The van der Waals surface area contributed by atoms with Crippen molar-refractivity contribution < 1.29 is 0 Å². The lowest BCUT2D eigenvalue weighted by Crippen LogP contribution is -2.01. The lowest BCUT2D eigenvalue weighted by atomic mass is 9.97. The molecule has 0 unspecified atom stereocenters. The number of hydrogen-bond donors (Lipinski definition) is 0. The van der Waals surface area contributed by atoms with Crippen molar-refractivity contribution in [3.8, 4) is 51.0 Å². The molecule has 0 saturated heterocycles. The summed E-state index contributed by atoms with van der Waals surface area (Å²) in [4.78, 5) is 15.7. The van der Waals surface area contributed by atoms with Crippen LogP contribution in [0.25, 0.3) is 104 Å². The van der Waals surface area contributed by atoms with Crippen molar-refractivity contribution in [1.29, 1.82) is 0 Å². The van der Waals surface area contributed by atoms with Crippen LogP contribution in [0, 0.1) is 0 Å². The lowest BCUT2D eigenvalue weighted by Gasteiger charge is -2.13. The Bertz CT molecular complexity index is 3180. The van der Waals surface area contributed by atoms with Gasteiger partial charge >= 0.3 is 0 Å². The van der Waals surface area contributed by atoms with Gasteiger partial charge in [0.25, 0.3) is 0 Å². The molecule has 0 amide bonds. The minimum Gasteiger partial charge on any atom is -0.309 e. The largest absolute Gasteiger partial charge is 0.309 e. The van der Waals surface area contributed by atoms with Crippen LogP contribution in [0.4, 0.5) is 0 Å². The zero-order valence-electron chi connectivity index (χ0n) is 29.0. The molecule has 8 aromatic carbocycles. The number of hydrogen-bond acceptors (Lipinski definition) is 4. The Morgan fingerprint density at radius 2 is 0.963 bits per heavy atom. The van der Waals surface area contributed by atoms with Crippen LogP contribution in [0.2, 0.25) is 0 Å². The van der Waals surface area contributed by atoms with Gasteiger partial charge in [0.05, 0.1) is 11.0 Å². The highest BCUT2D eigenvalue weighted by molar-refractivity contribution is 7.26. The summed E-state index contributed by atoms with van der Waals surface area (Å²) in [7, 11) is 0. The van der Waals surface area contributed by atoms with E-state index in [0.29, 0.717) is 17.5 Å². The first-order chi connectivity index (χ1) is 26.7. The van der Waals surface area contributed by atoms with E-state index in [1.165, 1.54) is 41.9 Å². The van der Waals surface area contributed by atoms with E-state index in [2.05, 4.69) is 187 Å². The first-order valence-corrected chi connectivity index (χ1v) is 18.9. The van der Waals surface area contributed by atoms with Crippen molar-refractivity contribution in [2.45, 2.75) is 0 Å². The third-order valence-electron chi connectivity index (χ3n) is 10.4. The average molecular weight is 707 g/mol. The summed E-state index contributed by atoms with van der Waals surface area (Å²) in [6.07, 6.45) is 0. The molecule has 0 radical (unpaired) electrons. The highest BCUT2D eigenvalue weighted by Crippen LogP contribution is 2.43. The second-order valence-electron chi connectivity index (χ2n) is 13.6. The first-order valence-electron chi connectivity index (χ1n) is 18.1. The van der Waals surface area contributed by atoms with E-state index < -0.39 is 0 Å². The minimum absolute atomic E-state index is 0.628. The van der Waals surface area contributed by atoms with Gasteiger partial charge in [0.2, 0.25) is 0 Å². The summed E-state index contributed by atoms with van der Waals surface area (Å²) in [5, 5.41) is 7.30. The van der Waals surface area contributed by atoms with Gasteiger partial charge in [0.1, 0.15) is 0 Å². The number of thiophene rings is 1. The summed E-state index contributed by atoms with van der Waals surface area (Å²) in [6.45, 7) is 0. The third kappa shape index (κ3) is 5.01. The number of para-hydroxylation sites is 2. The van der Waals surface area contributed by atoms with Gasteiger partial charge in [-0.1, -0.05) is 133 Å². The smallest absolute Gasteiger partial charge is 0.164 e. The van der Waals surface area contributed by atoms with Gasteiger partial charge in [-0.15, -0.1) is 11.3 Å². The highest BCUT2D eigenvalue weighted by atomic mass is 32.1. The van der Waals surface area contributed by atoms with Crippen LogP contribution in [0.5, 0.6) is 0 Å². The highest BCUT2D eigenvalue weighted by Gasteiger charge is 2.19. The Kier molecular flexibility index (Phi) is 7.00. The van der Waals surface area contributed by atoms with Crippen LogP contribution < -0.4 is 0 Å². The number of benzene rings is 8. The zero-order valence-corrected chi connectivity index (χ0v) is 29.8. The van der Waals surface area contributed by atoms with Crippen LogP contribution in [-0.4, -0.2) is 19.5 Å². The first kappa shape index (κ1) is 30.7. The van der Waals surface area contributed by atoms with E-state index >= 15 is 0 Å². The van der Waals surface area contributed by atoms with Gasteiger partial charge in [0, 0.05) is 53.3 Å². The fourth-order valence-corrected chi connectivity index (χ4v) is 9.08. The van der Waals surface area contributed by atoms with Gasteiger partial charge in [-0.25, -0.2) is 15.0 Å². The van der Waals surface area contributed by atoms with E-state index in [1.54, 1.807) is 0 Å². The fraction of sp³-hybridized carbons (Fsp3) is 0. The Labute approximate surface area is 315 Å². The standard InChI is InChI=1S/C49H30N4S/c1-2-14-32(15-3-1)41-29-36(30-45-46(41)40-21-8-11-24-44(40)54-45)49-51-47(50-48(52-49)35-26-25-31-13-4-5-16-33(31)27-35)34-17-12-18-37(28-34)53-42-22-9-6-19-38(42)39-20-7-10-23-43(39)53/h1-30H. The van der Waals surface area contributed by atoms with Gasteiger partial charge in [0.15, 0.2) is 17.5 Å². The lowest BCUT2D eigenvalue weighted by molar-refractivity contribution is 1.07. The molecule has 0 aliphatic heterocycles. The monoisotopic (exact) mass is 706 g/mol. The molecule has 0 spiro atoms. The summed E-state index contributed by atoms with van der Waals surface area (Å²) < 4.78 is 4.80. The van der Waals surface area contributed by atoms with Crippen molar-refractivity contribution >= 4 is 64.1 Å². The molecule has 252 valence electrons. The van der Waals surface area contributed by atoms with E-state index in [4.69, 9.17) is 15.0 Å².